The normalized spacial score (nSPS) is 10.9. The van der Waals surface area contributed by atoms with Gasteiger partial charge in [-0.05, 0) is 18.2 Å². The molecular formula is C14H9ClF2NO. The molecule has 0 heterocycles. The maximum atomic E-state index is 13.3. The summed E-state index contributed by atoms with van der Waals surface area (Å²) >= 11 is 5.88. The Morgan fingerprint density at radius 2 is 1.95 bits per heavy atom. The first kappa shape index (κ1) is 13.5. The molecule has 0 atom stereocenters. The fourth-order valence-electron chi connectivity index (χ4n) is 1.37. The van der Waals surface area contributed by atoms with Crippen molar-refractivity contribution in [2.75, 3.05) is 0 Å². The Morgan fingerprint density at radius 1 is 1.16 bits per heavy atom. The van der Waals surface area contributed by atoms with Crippen molar-refractivity contribution in [3.63, 3.8) is 0 Å². The van der Waals surface area contributed by atoms with Crippen LogP contribution in [0, 0.1) is 11.6 Å². The summed E-state index contributed by atoms with van der Waals surface area (Å²) in [5.41, 5.74) is 0.787. The summed E-state index contributed by atoms with van der Waals surface area (Å²) in [7, 11) is 0. The van der Waals surface area contributed by atoms with Gasteiger partial charge < -0.3 is 4.84 Å². The van der Waals surface area contributed by atoms with Crippen molar-refractivity contribution < 1.29 is 13.6 Å². The van der Waals surface area contributed by atoms with Crippen LogP contribution in [0.1, 0.15) is 11.1 Å². The highest BCUT2D eigenvalue weighted by molar-refractivity contribution is 6.33. The number of hydrogen-bond acceptors (Lipinski definition) is 2. The van der Waals surface area contributed by atoms with E-state index in [1.54, 1.807) is 24.3 Å². The minimum absolute atomic E-state index is 0.108. The minimum atomic E-state index is -0.673. The Kier molecular flexibility index (Phi) is 4.47. The number of nitrogens with zero attached hydrogens (tertiary/aromatic N) is 1. The lowest BCUT2D eigenvalue weighted by Gasteiger charge is -2.01. The zero-order valence-corrected chi connectivity index (χ0v) is 10.5. The third-order valence-electron chi connectivity index (χ3n) is 2.34. The molecule has 2 aromatic carbocycles. The van der Waals surface area contributed by atoms with Gasteiger partial charge in [-0.2, -0.15) is 0 Å². The fourth-order valence-corrected chi connectivity index (χ4v) is 1.55. The van der Waals surface area contributed by atoms with Gasteiger partial charge in [0.1, 0.15) is 24.5 Å². The maximum absolute atomic E-state index is 13.3. The molecule has 0 unspecified atom stereocenters. The van der Waals surface area contributed by atoms with Crippen molar-refractivity contribution in [1.82, 2.24) is 0 Å². The van der Waals surface area contributed by atoms with Crippen LogP contribution >= 0.6 is 11.6 Å². The van der Waals surface area contributed by atoms with Gasteiger partial charge in [0, 0.05) is 17.2 Å². The van der Waals surface area contributed by atoms with Gasteiger partial charge in [0.15, 0.2) is 0 Å². The van der Waals surface area contributed by atoms with Gasteiger partial charge in [-0.25, -0.2) is 8.78 Å². The molecule has 0 saturated carbocycles. The lowest BCUT2D eigenvalue weighted by atomic mass is 10.2. The van der Waals surface area contributed by atoms with Crippen molar-refractivity contribution >= 4 is 17.8 Å². The summed E-state index contributed by atoms with van der Waals surface area (Å²) in [6.45, 7) is -0.108. The average molecular weight is 281 g/mol. The van der Waals surface area contributed by atoms with Crippen LogP contribution in [0.5, 0.6) is 0 Å². The van der Waals surface area contributed by atoms with Crippen LogP contribution in [-0.4, -0.2) is 6.21 Å². The molecule has 0 aliphatic heterocycles. The van der Waals surface area contributed by atoms with Crippen molar-refractivity contribution in [3.05, 3.63) is 70.2 Å². The van der Waals surface area contributed by atoms with Crippen LogP contribution in [0.15, 0.2) is 47.6 Å². The van der Waals surface area contributed by atoms with Crippen LogP contribution in [0.3, 0.4) is 0 Å². The molecule has 0 bridgehead atoms. The molecule has 0 amide bonds. The average Bonchev–Trinajstić information content (AvgIpc) is 2.38. The molecule has 0 spiro atoms. The smallest absolute Gasteiger partial charge is 0.145 e. The van der Waals surface area contributed by atoms with Crippen LogP contribution in [0.4, 0.5) is 8.78 Å². The van der Waals surface area contributed by atoms with E-state index in [9.17, 15) is 8.78 Å². The molecule has 0 saturated heterocycles. The Bertz CT molecular complexity index is 602. The van der Waals surface area contributed by atoms with Gasteiger partial charge in [0.2, 0.25) is 0 Å². The van der Waals surface area contributed by atoms with Crippen molar-refractivity contribution in [2.24, 2.45) is 5.16 Å². The summed E-state index contributed by atoms with van der Waals surface area (Å²) in [6, 6.07) is 10.2. The lowest BCUT2D eigenvalue weighted by Crippen LogP contribution is -1.93. The Morgan fingerprint density at radius 3 is 2.68 bits per heavy atom. The first-order chi connectivity index (χ1) is 9.16. The van der Waals surface area contributed by atoms with E-state index in [-0.39, 0.29) is 12.2 Å². The number of hydrogen-bond donors (Lipinski definition) is 0. The first-order valence-electron chi connectivity index (χ1n) is 5.43. The molecule has 5 heteroatoms. The molecule has 2 nitrogen and oxygen atoms in total. The molecule has 19 heavy (non-hydrogen) atoms. The van der Waals surface area contributed by atoms with E-state index < -0.39 is 11.6 Å². The van der Waals surface area contributed by atoms with Crippen molar-refractivity contribution in [3.8, 4) is 0 Å². The van der Waals surface area contributed by atoms with Gasteiger partial charge in [0.05, 0.1) is 5.02 Å². The van der Waals surface area contributed by atoms with Crippen molar-refractivity contribution in [1.29, 1.82) is 0 Å². The van der Waals surface area contributed by atoms with E-state index >= 15 is 0 Å². The second-order valence-corrected chi connectivity index (χ2v) is 4.10. The molecule has 0 N–H and O–H groups in total. The Balaban J connectivity index is 1.95. The lowest BCUT2D eigenvalue weighted by molar-refractivity contribution is 0.129. The quantitative estimate of drug-likeness (QED) is 0.612. The van der Waals surface area contributed by atoms with E-state index in [0.29, 0.717) is 10.6 Å². The highest BCUT2D eigenvalue weighted by Gasteiger charge is 2.03. The monoisotopic (exact) mass is 280 g/mol. The van der Waals surface area contributed by atoms with Crippen LogP contribution in [0.2, 0.25) is 5.02 Å². The summed E-state index contributed by atoms with van der Waals surface area (Å²) < 4.78 is 25.9. The standard InChI is InChI=1S/C14H9ClF2NO/c15-13-4-2-1-3-10(13)8-18-19-9-11-5-6-12(16)7-14(11)17/h1-7H,9H2. The van der Waals surface area contributed by atoms with Crippen LogP contribution in [0.25, 0.3) is 0 Å². The minimum Gasteiger partial charge on any atom is -0.390 e. The molecule has 2 rings (SSSR count). The van der Waals surface area contributed by atoms with E-state index in [0.717, 1.165) is 12.1 Å². The second-order valence-electron chi connectivity index (χ2n) is 3.69. The van der Waals surface area contributed by atoms with E-state index in [1.807, 2.05) is 0 Å². The highest BCUT2D eigenvalue weighted by atomic mass is 35.5. The topological polar surface area (TPSA) is 21.6 Å². The van der Waals surface area contributed by atoms with Gasteiger partial charge in [-0.1, -0.05) is 35.0 Å². The zero-order chi connectivity index (χ0) is 13.7. The molecule has 1 radical (unpaired) electrons. The predicted molar refractivity (Wildman–Crippen MR) is 69.1 cm³/mol. The molecular weight excluding hydrogens is 272 g/mol. The largest absolute Gasteiger partial charge is 0.390 e. The van der Waals surface area contributed by atoms with Gasteiger partial charge in [-0.3, -0.25) is 0 Å². The summed E-state index contributed by atoms with van der Waals surface area (Å²) in [5.74, 6) is -1.31. The molecule has 97 valence electrons. The summed E-state index contributed by atoms with van der Waals surface area (Å²) in [4.78, 5) is 4.89. The molecule has 0 fully saturated rings. The molecule has 0 aliphatic rings. The first-order valence-corrected chi connectivity index (χ1v) is 5.81. The van der Waals surface area contributed by atoms with Gasteiger partial charge in [-0.15, -0.1) is 0 Å². The van der Waals surface area contributed by atoms with Crippen LogP contribution < -0.4 is 0 Å². The zero-order valence-electron chi connectivity index (χ0n) is 9.74. The predicted octanol–water partition coefficient (Wildman–Crippen LogP) is 4.05. The van der Waals surface area contributed by atoms with E-state index in [1.165, 1.54) is 6.07 Å². The van der Waals surface area contributed by atoms with E-state index in [2.05, 4.69) is 11.4 Å². The van der Waals surface area contributed by atoms with Gasteiger partial charge in [0.25, 0.3) is 0 Å². The van der Waals surface area contributed by atoms with Crippen LogP contribution in [-0.2, 0) is 11.4 Å². The van der Waals surface area contributed by atoms with Gasteiger partial charge >= 0.3 is 0 Å². The number of halogens is 3. The highest BCUT2D eigenvalue weighted by Crippen LogP contribution is 2.13. The third-order valence-corrected chi connectivity index (χ3v) is 2.67. The SMILES string of the molecule is Fc1ccc(CO/N=[C]\c2ccccc2Cl)c(F)c1. The second kappa shape index (κ2) is 6.29. The molecule has 2 aromatic rings. The Labute approximate surface area is 114 Å². The number of rotatable bonds is 4. The summed E-state index contributed by atoms with van der Waals surface area (Å²) in [5, 5.41) is 4.06. The molecule has 0 aliphatic carbocycles. The van der Waals surface area contributed by atoms with E-state index in [4.69, 9.17) is 16.4 Å². The third kappa shape index (κ3) is 3.76. The summed E-state index contributed by atoms with van der Waals surface area (Å²) in [6.07, 6.45) is 2.59. The molecule has 0 aromatic heterocycles. The number of benzene rings is 2. The van der Waals surface area contributed by atoms with Crippen molar-refractivity contribution in [2.45, 2.75) is 6.61 Å². The fraction of sp³-hybridized carbons (Fsp3) is 0.0714. The Hall–Kier alpha value is -1.94. The maximum Gasteiger partial charge on any atom is 0.145 e.